The van der Waals surface area contributed by atoms with E-state index in [0.29, 0.717) is 19.7 Å². The van der Waals surface area contributed by atoms with Crippen molar-refractivity contribution in [2.45, 2.75) is 20.4 Å². The van der Waals surface area contributed by atoms with Crippen LogP contribution in [0.4, 0.5) is 0 Å². The molecule has 0 atom stereocenters. The molecule has 0 radical (unpaired) electrons. The highest BCUT2D eigenvalue weighted by atomic mass is 16.5. The van der Waals surface area contributed by atoms with E-state index in [9.17, 15) is 0 Å². The number of benzene rings is 1. The van der Waals surface area contributed by atoms with Crippen LogP contribution in [0.2, 0.25) is 0 Å². The van der Waals surface area contributed by atoms with Crippen LogP contribution >= 0.6 is 0 Å². The summed E-state index contributed by atoms with van der Waals surface area (Å²) < 4.78 is 7.80. The summed E-state index contributed by atoms with van der Waals surface area (Å²) in [6.45, 7) is 5.97. The topological polar surface area (TPSA) is 63.0 Å². The number of pyridine rings is 1. The van der Waals surface area contributed by atoms with Crippen LogP contribution in [-0.4, -0.2) is 35.5 Å². The second kappa shape index (κ2) is 8.38. The van der Waals surface area contributed by atoms with Gasteiger partial charge in [-0.1, -0.05) is 23.8 Å². The Hall–Kier alpha value is -3.02. The normalized spacial score (nSPS) is 11.6. The summed E-state index contributed by atoms with van der Waals surface area (Å²) in [5.74, 6) is 1.60. The van der Waals surface area contributed by atoms with Crippen LogP contribution in [0.3, 0.4) is 0 Å². The van der Waals surface area contributed by atoms with Crippen LogP contribution in [-0.2, 0) is 6.54 Å². The van der Waals surface area contributed by atoms with E-state index < -0.39 is 0 Å². The highest BCUT2D eigenvalue weighted by molar-refractivity contribution is 5.79. The van der Waals surface area contributed by atoms with Crippen molar-refractivity contribution in [3.8, 4) is 5.75 Å². The predicted molar refractivity (Wildman–Crippen MR) is 105 cm³/mol. The molecule has 0 saturated carbocycles. The van der Waals surface area contributed by atoms with E-state index in [4.69, 9.17) is 4.74 Å². The van der Waals surface area contributed by atoms with E-state index in [1.807, 2.05) is 42.6 Å². The van der Waals surface area contributed by atoms with Crippen LogP contribution in [0.25, 0.3) is 5.65 Å². The van der Waals surface area contributed by atoms with Gasteiger partial charge in [0.05, 0.1) is 18.8 Å². The van der Waals surface area contributed by atoms with Crippen LogP contribution in [0, 0.1) is 13.8 Å². The first-order chi connectivity index (χ1) is 12.7. The Bertz CT molecular complexity index is 883. The van der Waals surface area contributed by atoms with Crippen molar-refractivity contribution in [3.05, 3.63) is 65.6 Å². The number of nitrogens with zero attached hydrogens (tertiary/aromatic N) is 3. The van der Waals surface area contributed by atoms with Crippen molar-refractivity contribution in [1.29, 1.82) is 0 Å². The van der Waals surface area contributed by atoms with E-state index >= 15 is 0 Å². The zero-order valence-corrected chi connectivity index (χ0v) is 15.5. The van der Waals surface area contributed by atoms with Crippen molar-refractivity contribution in [2.24, 2.45) is 4.99 Å². The molecule has 0 aliphatic carbocycles. The number of fused-ring (bicyclic) bond motifs is 1. The number of hydrogen-bond acceptors (Lipinski definition) is 3. The van der Waals surface area contributed by atoms with Gasteiger partial charge in [0.25, 0.3) is 0 Å². The first-order valence-corrected chi connectivity index (χ1v) is 8.73. The fourth-order valence-corrected chi connectivity index (χ4v) is 2.65. The molecule has 3 aromatic rings. The summed E-state index contributed by atoms with van der Waals surface area (Å²) in [4.78, 5) is 8.85. The summed E-state index contributed by atoms with van der Waals surface area (Å²) in [6, 6.07) is 14.1. The lowest BCUT2D eigenvalue weighted by atomic mass is 10.2. The molecule has 0 aliphatic rings. The first-order valence-electron chi connectivity index (χ1n) is 8.73. The van der Waals surface area contributed by atoms with E-state index in [1.165, 1.54) is 5.56 Å². The van der Waals surface area contributed by atoms with Crippen LogP contribution in [0.5, 0.6) is 5.75 Å². The van der Waals surface area contributed by atoms with Gasteiger partial charge in [0.15, 0.2) is 5.96 Å². The third-order valence-electron chi connectivity index (χ3n) is 4.09. The molecular formula is C20H25N5O. The number of guanidine groups is 1. The van der Waals surface area contributed by atoms with Gasteiger partial charge in [-0.15, -0.1) is 0 Å². The Morgan fingerprint density at radius 1 is 1.12 bits per heavy atom. The molecule has 1 aromatic carbocycles. The van der Waals surface area contributed by atoms with Gasteiger partial charge in [-0.05, 0) is 38.1 Å². The van der Waals surface area contributed by atoms with E-state index in [-0.39, 0.29) is 0 Å². The minimum absolute atomic E-state index is 0.567. The molecular weight excluding hydrogens is 326 g/mol. The summed E-state index contributed by atoms with van der Waals surface area (Å²) in [6.07, 6.45) is 2.05. The Balaban J connectivity index is 1.45. The van der Waals surface area contributed by atoms with Crippen LogP contribution < -0.4 is 15.4 Å². The van der Waals surface area contributed by atoms with Crippen molar-refractivity contribution in [3.63, 3.8) is 0 Å². The van der Waals surface area contributed by atoms with Crippen LogP contribution in [0.1, 0.15) is 17.0 Å². The Labute approximate surface area is 153 Å². The van der Waals surface area contributed by atoms with Gasteiger partial charge in [-0.2, -0.15) is 0 Å². The molecule has 0 amide bonds. The molecule has 0 bridgehead atoms. The highest BCUT2D eigenvalue weighted by Gasteiger charge is 2.04. The molecule has 6 nitrogen and oxygen atoms in total. The maximum Gasteiger partial charge on any atom is 0.191 e. The SMILES string of the molecule is CN=C(NCCOc1ccc(C)cc1)NCc1cn2c(C)cccc2n1. The Morgan fingerprint density at radius 2 is 1.92 bits per heavy atom. The van der Waals surface area contributed by atoms with Gasteiger partial charge < -0.3 is 19.8 Å². The lowest BCUT2D eigenvalue weighted by molar-refractivity contribution is 0.322. The minimum atomic E-state index is 0.567. The number of ether oxygens (including phenoxy) is 1. The molecule has 0 unspecified atom stereocenters. The smallest absolute Gasteiger partial charge is 0.191 e. The molecule has 0 spiro atoms. The number of imidazole rings is 1. The van der Waals surface area contributed by atoms with Crippen molar-refractivity contribution in [1.82, 2.24) is 20.0 Å². The maximum absolute atomic E-state index is 5.71. The van der Waals surface area contributed by atoms with Gasteiger partial charge in [-0.25, -0.2) is 4.98 Å². The van der Waals surface area contributed by atoms with Gasteiger partial charge in [-0.3, -0.25) is 4.99 Å². The van der Waals surface area contributed by atoms with Gasteiger partial charge in [0.1, 0.15) is 18.0 Å². The first kappa shape index (κ1) is 17.8. The van der Waals surface area contributed by atoms with E-state index in [2.05, 4.69) is 44.9 Å². The number of hydrogen-bond donors (Lipinski definition) is 2. The third kappa shape index (κ3) is 4.53. The predicted octanol–water partition coefficient (Wildman–Crippen LogP) is 2.70. The van der Waals surface area contributed by atoms with Crippen LogP contribution in [0.15, 0.2) is 53.7 Å². The average molecular weight is 351 g/mol. The number of nitrogens with one attached hydrogen (secondary N) is 2. The van der Waals surface area contributed by atoms with Crippen molar-refractivity contribution in [2.75, 3.05) is 20.2 Å². The molecule has 6 heteroatoms. The summed E-state index contributed by atoms with van der Waals surface area (Å²) >= 11 is 0. The quantitative estimate of drug-likeness (QED) is 0.407. The summed E-state index contributed by atoms with van der Waals surface area (Å²) in [7, 11) is 1.75. The third-order valence-corrected chi connectivity index (χ3v) is 4.09. The maximum atomic E-state index is 5.71. The number of aryl methyl sites for hydroxylation is 2. The fraction of sp³-hybridized carbons (Fsp3) is 0.300. The molecule has 2 aromatic heterocycles. The summed E-state index contributed by atoms with van der Waals surface area (Å²) in [5, 5.41) is 6.53. The molecule has 2 heterocycles. The zero-order chi connectivity index (χ0) is 18.4. The molecule has 136 valence electrons. The minimum Gasteiger partial charge on any atom is -0.492 e. The Morgan fingerprint density at radius 3 is 2.65 bits per heavy atom. The van der Waals surface area contributed by atoms with E-state index in [0.717, 1.165) is 28.7 Å². The second-order valence-corrected chi connectivity index (χ2v) is 6.14. The van der Waals surface area contributed by atoms with E-state index in [1.54, 1.807) is 7.05 Å². The second-order valence-electron chi connectivity index (χ2n) is 6.14. The standard InChI is InChI=1S/C20H25N5O/c1-15-7-9-18(10-8-15)26-12-11-22-20(21-3)23-13-17-14-25-16(2)5-4-6-19(25)24-17/h4-10,14H,11-13H2,1-3H3,(H2,21,22,23). The number of rotatable bonds is 6. The largest absolute Gasteiger partial charge is 0.492 e. The molecule has 3 rings (SSSR count). The summed E-state index contributed by atoms with van der Waals surface area (Å²) in [5.41, 5.74) is 4.31. The average Bonchev–Trinajstić information content (AvgIpc) is 3.07. The molecule has 0 aliphatic heterocycles. The zero-order valence-electron chi connectivity index (χ0n) is 15.5. The van der Waals surface area contributed by atoms with Gasteiger partial charge >= 0.3 is 0 Å². The lowest BCUT2D eigenvalue weighted by Crippen LogP contribution is -2.38. The number of aliphatic imine (C=N–C) groups is 1. The molecule has 26 heavy (non-hydrogen) atoms. The van der Waals surface area contributed by atoms with Gasteiger partial charge in [0, 0.05) is 18.9 Å². The highest BCUT2D eigenvalue weighted by Crippen LogP contribution is 2.11. The van der Waals surface area contributed by atoms with Crippen molar-refractivity contribution < 1.29 is 4.74 Å². The Kier molecular flexibility index (Phi) is 5.73. The fourth-order valence-electron chi connectivity index (χ4n) is 2.65. The van der Waals surface area contributed by atoms with Gasteiger partial charge in [0.2, 0.25) is 0 Å². The van der Waals surface area contributed by atoms with Crippen molar-refractivity contribution >= 4 is 11.6 Å². The lowest BCUT2D eigenvalue weighted by Gasteiger charge is -2.11. The molecule has 0 fully saturated rings. The number of aromatic nitrogens is 2. The molecule has 0 saturated heterocycles. The monoisotopic (exact) mass is 351 g/mol. The molecule has 2 N–H and O–H groups in total.